The number of ether oxygens (including phenoxy) is 1. The molecule has 1 atom stereocenters. The van der Waals surface area contributed by atoms with Crippen LogP contribution in [0.25, 0.3) is 16.8 Å². The first-order valence-electron chi connectivity index (χ1n) is 12.6. The Morgan fingerprint density at radius 1 is 1.18 bits per heavy atom. The van der Waals surface area contributed by atoms with Gasteiger partial charge >= 0.3 is 0 Å². The van der Waals surface area contributed by atoms with Crippen LogP contribution in [0.15, 0.2) is 80.1 Å². The van der Waals surface area contributed by atoms with Crippen molar-refractivity contribution in [2.24, 2.45) is 4.99 Å². The number of benzene rings is 3. The molecule has 3 aromatic carbocycles. The van der Waals surface area contributed by atoms with Crippen LogP contribution >= 0.6 is 27.3 Å². The number of methoxy groups -OCH3 is 1. The zero-order valence-corrected chi connectivity index (χ0v) is 24.5. The number of carbonyl (C=O) groups excluding carboxylic acids is 1. The minimum atomic E-state index is -0.732. The van der Waals surface area contributed by atoms with Crippen LogP contribution in [0.2, 0.25) is 0 Å². The molecule has 9 heteroatoms. The molecule has 1 aliphatic rings. The lowest BCUT2D eigenvalue weighted by Crippen LogP contribution is -2.43. The zero-order valence-electron chi connectivity index (χ0n) is 22.1. The number of hydrogen-bond donors (Lipinski definition) is 1. The Kier molecular flexibility index (Phi) is 7.46. The number of amides is 1. The molecule has 4 aromatic rings. The van der Waals surface area contributed by atoms with E-state index in [9.17, 15) is 14.7 Å². The number of hydrogen-bond acceptors (Lipinski definition) is 6. The van der Waals surface area contributed by atoms with Crippen molar-refractivity contribution in [2.45, 2.75) is 26.8 Å². The van der Waals surface area contributed by atoms with E-state index >= 15 is 0 Å². The highest BCUT2D eigenvalue weighted by atomic mass is 79.9. The number of fused-ring (bicyclic) bond motifs is 2. The summed E-state index contributed by atoms with van der Waals surface area (Å²) in [6.07, 6.45) is 1.77. The molecule has 5 rings (SSSR count). The maximum Gasteiger partial charge on any atom is 0.271 e. The van der Waals surface area contributed by atoms with Crippen LogP contribution in [0.4, 0.5) is 0 Å². The minimum absolute atomic E-state index is 0.117. The van der Waals surface area contributed by atoms with Crippen molar-refractivity contribution in [3.05, 3.63) is 101 Å². The third kappa shape index (κ3) is 4.70. The topological polar surface area (TPSA) is 84.1 Å². The molecule has 0 aliphatic carbocycles. The molecule has 0 unspecified atom stereocenters. The van der Waals surface area contributed by atoms with Gasteiger partial charge in [0.25, 0.3) is 11.5 Å². The molecule has 0 bridgehead atoms. The summed E-state index contributed by atoms with van der Waals surface area (Å²) in [5, 5.41) is 11.8. The van der Waals surface area contributed by atoms with E-state index in [1.807, 2.05) is 57.2 Å². The number of rotatable bonds is 6. The lowest BCUT2D eigenvalue weighted by molar-refractivity contribution is -0.127. The van der Waals surface area contributed by atoms with Gasteiger partial charge in [0.2, 0.25) is 0 Å². The third-order valence-electron chi connectivity index (χ3n) is 7.00. The molecule has 2 heterocycles. The van der Waals surface area contributed by atoms with E-state index in [1.54, 1.807) is 40.9 Å². The van der Waals surface area contributed by atoms with Gasteiger partial charge in [0.1, 0.15) is 17.5 Å². The summed E-state index contributed by atoms with van der Waals surface area (Å²) in [5.74, 6) is 0.556. The quantitative estimate of drug-likeness (QED) is 0.344. The van der Waals surface area contributed by atoms with Crippen molar-refractivity contribution in [1.29, 1.82) is 0 Å². The molecule has 0 saturated carbocycles. The minimum Gasteiger partial charge on any atom is -0.507 e. The summed E-state index contributed by atoms with van der Waals surface area (Å²) in [5.41, 5.74) is 2.28. The fourth-order valence-corrected chi connectivity index (χ4v) is 6.49. The monoisotopic (exact) mass is 605 g/mol. The summed E-state index contributed by atoms with van der Waals surface area (Å²) in [4.78, 5) is 35.1. The Bertz CT molecular complexity index is 1820. The van der Waals surface area contributed by atoms with E-state index in [-0.39, 0.29) is 17.2 Å². The van der Waals surface area contributed by atoms with Crippen LogP contribution in [0.1, 0.15) is 37.9 Å². The molecule has 1 aliphatic heterocycles. The number of thiazole rings is 1. The van der Waals surface area contributed by atoms with Crippen LogP contribution in [0.5, 0.6) is 11.5 Å². The number of nitrogens with zero attached hydrogens (tertiary/aromatic N) is 3. The Morgan fingerprint density at radius 2 is 1.92 bits per heavy atom. The predicted octanol–water partition coefficient (Wildman–Crippen LogP) is 4.73. The molecular formula is C30H28BrN3O4S. The van der Waals surface area contributed by atoms with E-state index in [0.717, 1.165) is 21.9 Å². The summed E-state index contributed by atoms with van der Waals surface area (Å²) < 4.78 is 8.47. The van der Waals surface area contributed by atoms with Crippen molar-refractivity contribution < 1.29 is 14.6 Å². The number of likely N-dealkylation sites (N-methyl/N-ethyl adjacent to an activating group) is 1. The van der Waals surface area contributed by atoms with E-state index in [0.29, 0.717) is 43.9 Å². The number of aromatic hydroxyl groups is 1. The Hall–Kier alpha value is -3.69. The second-order valence-corrected chi connectivity index (χ2v) is 11.0. The maximum absolute atomic E-state index is 14.1. The molecule has 0 radical (unpaired) electrons. The number of phenolic OH excluding ortho intramolecular Hbond substituents is 1. The van der Waals surface area contributed by atoms with Crippen LogP contribution in [-0.4, -0.2) is 40.7 Å². The number of aromatic nitrogens is 1. The van der Waals surface area contributed by atoms with E-state index in [1.165, 1.54) is 11.3 Å². The molecule has 200 valence electrons. The fraction of sp³-hybridized carbons (Fsp3) is 0.233. The van der Waals surface area contributed by atoms with Crippen molar-refractivity contribution in [1.82, 2.24) is 9.47 Å². The van der Waals surface area contributed by atoms with Crippen molar-refractivity contribution in [2.75, 3.05) is 20.2 Å². The number of phenols is 1. The number of carbonyl (C=O) groups is 1. The highest BCUT2D eigenvalue weighted by Gasteiger charge is 2.36. The summed E-state index contributed by atoms with van der Waals surface area (Å²) in [6, 6.07) is 16.1. The van der Waals surface area contributed by atoms with Crippen LogP contribution in [0.3, 0.4) is 0 Å². The molecule has 39 heavy (non-hydrogen) atoms. The molecular weight excluding hydrogens is 578 g/mol. The van der Waals surface area contributed by atoms with Crippen LogP contribution in [-0.2, 0) is 4.79 Å². The van der Waals surface area contributed by atoms with Gasteiger partial charge in [-0.05, 0) is 77.3 Å². The van der Waals surface area contributed by atoms with Crippen molar-refractivity contribution in [3.8, 4) is 11.5 Å². The van der Waals surface area contributed by atoms with Gasteiger partial charge in [0, 0.05) is 18.7 Å². The van der Waals surface area contributed by atoms with E-state index in [4.69, 9.17) is 9.73 Å². The summed E-state index contributed by atoms with van der Waals surface area (Å²) in [7, 11) is 1.60. The smallest absolute Gasteiger partial charge is 0.271 e. The third-order valence-corrected chi connectivity index (χ3v) is 8.61. The average Bonchev–Trinajstić information content (AvgIpc) is 3.23. The first kappa shape index (κ1) is 26.9. The van der Waals surface area contributed by atoms with Gasteiger partial charge < -0.3 is 14.7 Å². The number of allylic oxidation sites excluding steroid dienone is 1. The van der Waals surface area contributed by atoms with Gasteiger partial charge in [0.05, 0.1) is 27.4 Å². The van der Waals surface area contributed by atoms with Gasteiger partial charge in [-0.15, -0.1) is 0 Å². The fourth-order valence-electron chi connectivity index (χ4n) is 5.05. The maximum atomic E-state index is 14.1. The van der Waals surface area contributed by atoms with Gasteiger partial charge in [0.15, 0.2) is 4.80 Å². The molecule has 7 nitrogen and oxygen atoms in total. The summed E-state index contributed by atoms with van der Waals surface area (Å²) >= 11 is 4.61. The normalized spacial score (nSPS) is 15.3. The molecule has 0 fully saturated rings. The molecule has 0 saturated heterocycles. The van der Waals surface area contributed by atoms with Crippen LogP contribution < -0.4 is 19.6 Å². The molecule has 0 spiro atoms. The standard InChI is InChI=1S/C30H28BrN3O4S/c1-5-33(6-2)29(37)25-17(3)32-30-34(28(36)24(39-30)16-18-11-13-22(35)21(31)15-18)27(25)26-20-10-8-7-9-19(20)12-14-23(26)38-4/h7-16,27,35H,5-6H2,1-4H3/b24-16+/t27-/m1/s1. The summed E-state index contributed by atoms with van der Waals surface area (Å²) in [6.45, 7) is 6.78. The largest absolute Gasteiger partial charge is 0.507 e. The highest BCUT2D eigenvalue weighted by molar-refractivity contribution is 9.10. The zero-order chi connectivity index (χ0) is 27.8. The Balaban J connectivity index is 1.85. The Labute approximate surface area is 238 Å². The second-order valence-electron chi connectivity index (χ2n) is 9.17. The Morgan fingerprint density at radius 3 is 2.62 bits per heavy atom. The van der Waals surface area contributed by atoms with Gasteiger partial charge in [-0.3, -0.25) is 14.2 Å². The van der Waals surface area contributed by atoms with E-state index < -0.39 is 6.04 Å². The number of halogens is 1. The lowest BCUT2D eigenvalue weighted by Gasteiger charge is -2.30. The van der Waals surface area contributed by atoms with E-state index in [2.05, 4.69) is 15.9 Å². The van der Waals surface area contributed by atoms with Crippen molar-refractivity contribution >= 4 is 50.0 Å². The van der Waals surface area contributed by atoms with Gasteiger partial charge in [-0.1, -0.05) is 47.7 Å². The van der Waals surface area contributed by atoms with Gasteiger partial charge in [-0.2, -0.15) is 0 Å². The van der Waals surface area contributed by atoms with Gasteiger partial charge in [-0.25, -0.2) is 4.99 Å². The lowest BCUT2D eigenvalue weighted by atomic mass is 9.90. The van der Waals surface area contributed by atoms with Crippen molar-refractivity contribution in [3.63, 3.8) is 0 Å². The highest BCUT2D eigenvalue weighted by Crippen LogP contribution is 2.40. The molecule has 1 N–H and O–H groups in total. The second kappa shape index (κ2) is 10.8. The van der Waals surface area contributed by atoms with Crippen LogP contribution in [0, 0.1) is 0 Å². The molecule has 1 amide bonds. The first-order chi connectivity index (χ1) is 18.8. The SMILES string of the molecule is CCN(CC)C(=O)C1=C(C)N=c2s/c(=C/c3ccc(O)c(Br)c3)c(=O)n2[C@H]1c1c(OC)ccc2ccccc12. The first-order valence-corrected chi connectivity index (χ1v) is 14.3. The molecule has 1 aromatic heterocycles. The average molecular weight is 607 g/mol. The predicted molar refractivity (Wildman–Crippen MR) is 158 cm³/mol.